The van der Waals surface area contributed by atoms with Crippen molar-refractivity contribution >= 4 is 33.4 Å². The number of piperidine rings is 1. The summed E-state index contributed by atoms with van der Waals surface area (Å²) in [7, 11) is -3.94. The fraction of sp³-hybridized carbons (Fsp3) is 0.364. The highest BCUT2D eigenvalue weighted by Gasteiger charge is 2.31. The molecule has 2 aromatic carbocycles. The molecule has 7 nitrogen and oxygen atoms in total. The van der Waals surface area contributed by atoms with Crippen LogP contribution in [0.25, 0.3) is 0 Å². The van der Waals surface area contributed by atoms with Crippen molar-refractivity contribution in [3.05, 3.63) is 64.7 Å². The van der Waals surface area contributed by atoms with Gasteiger partial charge in [0.15, 0.2) is 0 Å². The molecule has 1 heterocycles. The summed E-state index contributed by atoms with van der Waals surface area (Å²) in [5.41, 5.74) is 7.12. The van der Waals surface area contributed by atoms with Crippen molar-refractivity contribution < 1.29 is 18.0 Å². The first kappa shape index (κ1) is 23.2. The summed E-state index contributed by atoms with van der Waals surface area (Å²) in [6.45, 7) is 2.44. The molecule has 0 aromatic heterocycles. The van der Waals surface area contributed by atoms with Crippen molar-refractivity contribution in [1.29, 1.82) is 0 Å². The number of nitrogens with zero attached hydrogens (tertiary/aromatic N) is 2. The second kappa shape index (κ2) is 9.80. The van der Waals surface area contributed by atoms with Gasteiger partial charge in [-0.2, -0.15) is 4.31 Å². The van der Waals surface area contributed by atoms with Crippen molar-refractivity contribution in [2.45, 2.75) is 31.2 Å². The van der Waals surface area contributed by atoms with Gasteiger partial charge in [0.1, 0.15) is 0 Å². The molecule has 0 spiro atoms. The highest BCUT2D eigenvalue weighted by Crippen LogP contribution is 2.23. The zero-order chi connectivity index (χ0) is 22.6. The Balaban J connectivity index is 1.84. The lowest BCUT2D eigenvalue weighted by Crippen LogP contribution is -2.47. The van der Waals surface area contributed by atoms with Gasteiger partial charge in [-0.25, -0.2) is 8.42 Å². The van der Waals surface area contributed by atoms with Crippen molar-refractivity contribution in [3.8, 4) is 0 Å². The molecule has 1 aliphatic heterocycles. The summed E-state index contributed by atoms with van der Waals surface area (Å²) in [6.07, 6.45) is 0.978. The number of carbonyl (C=O) groups excluding carboxylic acids is 2. The van der Waals surface area contributed by atoms with Gasteiger partial charge in [0.25, 0.3) is 0 Å². The number of rotatable bonds is 7. The van der Waals surface area contributed by atoms with Gasteiger partial charge in [0.05, 0.1) is 11.4 Å². The molecule has 0 aliphatic carbocycles. The lowest BCUT2D eigenvalue weighted by atomic mass is 9.96. The molecule has 166 valence electrons. The van der Waals surface area contributed by atoms with Crippen molar-refractivity contribution in [2.75, 3.05) is 19.6 Å². The first-order chi connectivity index (χ1) is 14.7. The third-order valence-corrected chi connectivity index (χ3v) is 7.68. The lowest BCUT2D eigenvalue weighted by Gasteiger charge is -2.32. The predicted octanol–water partition coefficient (Wildman–Crippen LogP) is 2.56. The van der Waals surface area contributed by atoms with Gasteiger partial charge in [-0.3, -0.25) is 9.59 Å². The summed E-state index contributed by atoms with van der Waals surface area (Å²) >= 11 is 5.91. The normalized spacial score (nSPS) is 15.3. The van der Waals surface area contributed by atoms with E-state index in [1.165, 1.54) is 28.6 Å². The first-order valence-corrected chi connectivity index (χ1v) is 11.9. The molecular weight excluding hydrogens is 438 g/mol. The molecule has 0 atom stereocenters. The molecule has 2 amide bonds. The van der Waals surface area contributed by atoms with Gasteiger partial charge in [-0.1, -0.05) is 35.9 Å². The van der Waals surface area contributed by atoms with Crippen LogP contribution in [0.1, 0.15) is 24.0 Å². The molecule has 0 saturated carbocycles. The summed E-state index contributed by atoms with van der Waals surface area (Å²) in [5, 5.41) is 0.429. The Morgan fingerprint density at radius 1 is 1.10 bits per heavy atom. The number of hydrogen-bond acceptors (Lipinski definition) is 4. The van der Waals surface area contributed by atoms with E-state index in [9.17, 15) is 18.0 Å². The van der Waals surface area contributed by atoms with Gasteiger partial charge in [-0.15, -0.1) is 0 Å². The smallest absolute Gasteiger partial charge is 0.243 e. The highest BCUT2D eigenvalue weighted by molar-refractivity contribution is 7.89. The number of carbonyl (C=O) groups is 2. The fourth-order valence-electron chi connectivity index (χ4n) is 3.62. The van der Waals surface area contributed by atoms with Crippen molar-refractivity contribution in [2.24, 2.45) is 11.7 Å². The zero-order valence-electron chi connectivity index (χ0n) is 17.3. The van der Waals surface area contributed by atoms with Crippen LogP contribution in [0, 0.1) is 12.8 Å². The number of sulfonamides is 1. The van der Waals surface area contributed by atoms with Gasteiger partial charge in [0.2, 0.25) is 21.8 Å². The van der Waals surface area contributed by atoms with E-state index in [0.29, 0.717) is 31.0 Å². The second-order valence-corrected chi connectivity index (χ2v) is 10.1. The number of nitrogens with two attached hydrogens (primary N) is 1. The highest BCUT2D eigenvalue weighted by atomic mass is 35.5. The maximum Gasteiger partial charge on any atom is 0.243 e. The molecule has 1 aliphatic rings. The van der Waals surface area contributed by atoms with E-state index in [1.807, 2.05) is 31.2 Å². The molecule has 0 unspecified atom stereocenters. The Labute approximate surface area is 187 Å². The lowest BCUT2D eigenvalue weighted by molar-refractivity contribution is -0.135. The average Bonchev–Trinajstić information content (AvgIpc) is 2.75. The number of likely N-dealkylation sites (tertiary alicyclic amines) is 1. The van der Waals surface area contributed by atoms with Crippen LogP contribution >= 0.6 is 11.6 Å². The third kappa shape index (κ3) is 5.64. The SMILES string of the molecule is Cc1ccccc1CN(CC(=O)N1CCC(C(N)=O)CC1)S(=O)(=O)c1ccc(Cl)cc1. The number of amides is 2. The maximum atomic E-state index is 13.4. The maximum absolute atomic E-state index is 13.4. The fourth-order valence-corrected chi connectivity index (χ4v) is 5.12. The summed E-state index contributed by atoms with van der Waals surface area (Å²) < 4.78 is 27.9. The van der Waals surface area contributed by atoms with E-state index >= 15 is 0 Å². The topological polar surface area (TPSA) is 101 Å². The molecule has 0 bridgehead atoms. The van der Waals surface area contributed by atoms with E-state index < -0.39 is 10.0 Å². The number of aryl methyl sites for hydroxylation is 1. The van der Waals surface area contributed by atoms with Gasteiger partial charge < -0.3 is 10.6 Å². The van der Waals surface area contributed by atoms with Crippen LogP contribution in [0.5, 0.6) is 0 Å². The Kier molecular flexibility index (Phi) is 7.35. The molecule has 31 heavy (non-hydrogen) atoms. The van der Waals surface area contributed by atoms with Gasteiger partial charge >= 0.3 is 0 Å². The number of halogens is 1. The average molecular weight is 464 g/mol. The Hall–Kier alpha value is -2.42. The summed E-state index contributed by atoms with van der Waals surface area (Å²) in [4.78, 5) is 26.0. The molecular formula is C22H26ClN3O4S. The molecule has 1 fully saturated rings. The summed E-state index contributed by atoms with van der Waals surface area (Å²) in [6, 6.07) is 13.4. The van der Waals surface area contributed by atoms with Crippen LogP contribution in [0.2, 0.25) is 5.02 Å². The van der Waals surface area contributed by atoms with Crippen molar-refractivity contribution in [1.82, 2.24) is 9.21 Å². The number of benzene rings is 2. The third-order valence-electron chi connectivity index (χ3n) is 5.62. The van der Waals surface area contributed by atoms with E-state index in [4.69, 9.17) is 17.3 Å². The number of hydrogen-bond donors (Lipinski definition) is 1. The quantitative estimate of drug-likeness (QED) is 0.681. The standard InChI is InChI=1S/C22H26ClN3O4S/c1-16-4-2-3-5-18(16)14-26(31(29,30)20-8-6-19(23)7-9-20)15-21(27)25-12-10-17(11-13-25)22(24)28/h2-9,17H,10-15H2,1H3,(H2,24,28). The summed E-state index contributed by atoms with van der Waals surface area (Å²) in [5.74, 6) is -0.905. The first-order valence-electron chi connectivity index (χ1n) is 10.1. The van der Waals surface area contributed by atoms with E-state index in [2.05, 4.69) is 0 Å². The number of primary amides is 1. The minimum absolute atomic E-state index is 0.0706. The minimum atomic E-state index is -3.94. The molecule has 1 saturated heterocycles. The zero-order valence-corrected chi connectivity index (χ0v) is 18.9. The second-order valence-electron chi connectivity index (χ2n) is 7.71. The van der Waals surface area contributed by atoms with Crippen LogP contribution in [-0.2, 0) is 26.2 Å². The Bertz CT molecular complexity index is 1050. The van der Waals surface area contributed by atoms with Crippen LogP contribution in [0.3, 0.4) is 0 Å². The molecule has 2 N–H and O–H groups in total. The van der Waals surface area contributed by atoms with Gasteiger partial charge in [0, 0.05) is 30.6 Å². The van der Waals surface area contributed by atoms with Crippen LogP contribution in [0.15, 0.2) is 53.4 Å². The largest absolute Gasteiger partial charge is 0.369 e. The predicted molar refractivity (Wildman–Crippen MR) is 119 cm³/mol. The van der Waals surface area contributed by atoms with Gasteiger partial charge in [-0.05, 0) is 55.2 Å². The monoisotopic (exact) mass is 463 g/mol. The molecule has 0 radical (unpaired) electrons. The van der Waals surface area contributed by atoms with E-state index in [-0.39, 0.29) is 35.7 Å². The minimum Gasteiger partial charge on any atom is -0.369 e. The van der Waals surface area contributed by atoms with Crippen LogP contribution < -0.4 is 5.73 Å². The Morgan fingerprint density at radius 2 is 1.71 bits per heavy atom. The van der Waals surface area contributed by atoms with Crippen LogP contribution in [-0.4, -0.2) is 49.1 Å². The van der Waals surface area contributed by atoms with E-state index in [0.717, 1.165) is 11.1 Å². The van der Waals surface area contributed by atoms with Crippen molar-refractivity contribution in [3.63, 3.8) is 0 Å². The molecule has 3 rings (SSSR count). The molecule has 2 aromatic rings. The molecule has 9 heteroatoms. The van der Waals surface area contributed by atoms with Crippen LogP contribution in [0.4, 0.5) is 0 Å². The van der Waals surface area contributed by atoms with E-state index in [1.54, 1.807) is 4.90 Å². The Morgan fingerprint density at radius 3 is 2.29 bits per heavy atom.